The van der Waals surface area contributed by atoms with Gasteiger partial charge >= 0.3 is 11.9 Å². The van der Waals surface area contributed by atoms with Crippen molar-refractivity contribution < 1.29 is 23.8 Å². The fourth-order valence-electron chi connectivity index (χ4n) is 1.15. The number of hydrogen-bond donors (Lipinski definition) is 0. The first-order valence-corrected chi connectivity index (χ1v) is 4.53. The van der Waals surface area contributed by atoms with Gasteiger partial charge in [-0.05, 0) is 18.2 Å². The van der Waals surface area contributed by atoms with Gasteiger partial charge in [0.05, 0.1) is 19.8 Å². The van der Waals surface area contributed by atoms with E-state index in [-0.39, 0.29) is 5.75 Å². The maximum absolute atomic E-state index is 11.2. The molecule has 0 fully saturated rings. The summed E-state index contributed by atoms with van der Waals surface area (Å²) in [6.07, 6.45) is 0. The molecule has 16 heavy (non-hydrogen) atoms. The topological polar surface area (TPSA) is 61.8 Å². The highest BCUT2D eigenvalue weighted by atomic mass is 16.6. The highest BCUT2D eigenvalue weighted by molar-refractivity contribution is 5.90. The third-order valence-corrected chi connectivity index (χ3v) is 1.84. The Balaban J connectivity index is 3.06. The van der Waals surface area contributed by atoms with Gasteiger partial charge in [0.1, 0.15) is 0 Å². The SMILES string of the molecule is COC(=O)c1ccc(OC(C)=O)c(OC)c1. The summed E-state index contributed by atoms with van der Waals surface area (Å²) in [5.41, 5.74) is 0.329. The minimum absolute atomic E-state index is 0.266. The summed E-state index contributed by atoms with van der Waals surface area (Å²) < 4.78 is 14.4. The molecule has 0 aliphatic rings. The van der Waals surface area contributed by atoms with Crippen LogP contribution in [-0.2, 0) is 9.53 Å². The van der Waals surface area contributed by atoms with Gasteiger partial charge in [-0.3, -0.25) is 4.79 Å². The van der Waals surface area contributed by atoms with Crippen molar-refractivity contribution in [1.29, 1.82) is 0 Å². The Bertz CT molecular complexity index is 411. The maximum atomic E-state index is 11.2. The normalized spacial score (nSPS) is 9.44. The molecule has 5 nitrogen and oxygen atoms in total. The molecule has 0 saturated carbocycles. The highest BCUT2D eigenvalue weighted by Crippen LogP contribution is 2.28. The molecule has 0 aliphatic carbocycles. The standard InChI is InChI=1S/C11H12O5/c1-7(12)16-9-5-4-8(11(13)15-3)6-10(9)14-2/h4-6H,1-3H3. The van der Waals surface area contributed by atoms with Crippen LogP contribution in [0.4, 0.5) is 0 Å². The van der Waals surface area contributed by atoms with Crippen molar-refractivity contribution in [2.75, 3.05) is 14.2 Å². The van der Waals surface area contributed by atoms with Gasteiger partial charge in [0, 0.05) is 6.92 Å². The van der Waals surface area contributed by atoms with Crippen molar-refractivity contribution in [2.45, 2.75) is 6.92 Å². The first-order chi connectivity index (χ1) is 7.58. The number of rotatable bonds is 3. The van der Waals surface area contributed by atoms with Crippen LogP contribution in [0.25, 0.3) is 0 Å². The predicted octanol–water partition coefficient (Wildman–Crippen LogP) is 1.41. The van der Waals surface area contributed by atoms with Crippen molar-refractivity contribution in [3.63, 3.8) is 0 Å². The van der Waals surface area contributed by atoms with Gasteiger partial charge in [0.2, 0.25) is 0 Å². The fraction of sp³-hybridized carbons (Fsp3) is 0.273. The fourth-order valence-corrected chi connectivity index (χ4v) is 1.15. The van der Waals surface area contributed by atoms with Crippen molar-refractivity contribution in [3.8, 4) is 11.5 Å². The van der Waals surface area contributed by atoms with Crippen LogP contribution in [-0.4, -0.2) is 26.2 Å². The zero-order valence-corrected chi connectivity index (χ0v) is 9.27. The minimum atomic E-state index is -0.479. The van der Waals surface area contributed by atoms with Gasteiger partial charge in [-0.2, -0.15) is 0 Å². The lowest BCUT2D eigenvalue weighted by molar-refractivity contribution is -0.132. The number of esters is 2. The Labute approximate surface area is 92.9 Å². The van der Waals surface area contributed by atoms with E-state index in [1.807, 2.05) is 0 Å². The first kappa shape index (κ1) is 12.0. The van der Waals surface area contributed by atoms with E-state index >= 15 is 0 Å². The Morgan fingerprint density at radius 3 is 2.31 bits per heavy atom. The summed E-state index contributed by atoms with van der Waals surface area (Å²) in [6, 6.07) is 4.42. The Morgan fingerprint density at radius 2 is 1.81 bits per heavy atom. The minimum Gasteiger partial charge on any atom is -0.493 e. The van der Waals surface area contributed by atoms with Crippen LogP contribution in [0.1, 0.15) is 17.3 Å². The second kappa shape index (κ2) is 5.16. The number of carbonyl (C=O) groups is 2. The highest BCUT2D eigenvalue weighted by Gasteiger charge is 2.12. The molecule has 1 aromatic carbocycles. The summed E-state index contributed by atoms with van der Waals surface area (Å²) in [4.78, 5) is 22.0. The number of benzene rings is 1. The molecular formula is C11H12O5. The molecular weight excluding hydrogens is 212 g/mol. The van der Waals surface area contributed by atoms with Crippen LogP contribution in [0, 0.1) is 0 Å². The van der Waals surface area contributed by atoms with Gasteiger partial charge in [-0.15, -0.1) is 0 Å². The average molecular weight is 224 g/mol. The molecule has 1 aromatic rings. The van der Waals surface area contributed by atoms with E-state index in [4.69, 9.17) is 9.47 Å². The van der Waals surface area contributed by atoms with E-state index in [0.717, 1.165) is 0 Å². The molecule has 0 atom stereocenters. The van der Waals surface area contributed by atoms with Crippen LogP contribution in [0.2, 0.25) is 0 Å². The van der Waals surface area contributed by atoms with Crippen molar-refractivity contribution in [3.05, 3.63) is 23.8 Å². The summed E-state index contributed by atoms with van der Waals surface area (Å²) >= 11 is 0. The molecule has 0 aromatic heterocycles. The lowest BCUT2D eigenvalue weighted by Crippen LogP contribution is -2.05. The molecule has 0 N–H and O–H groups in total. The van der Waals surface area contributed by atoms with Crippen LogP contribution >= 0.6 is 0 Å². The lowest BCUT2D eigenvalue weighted by Gasteiger charge is -2.08. The quantitative estimate of drug-likeness (QED) is 0.573. The van der Waals surface area contributed by atoms with E-state index in [1.54, 1.807) is 0 Å². The molecule has 0 unspecified atom stereocenters. The zero-order valence-electron chi connectivity index (χ0n) is 9.27. The van der Waals surface area contributed by atoms with Crippen molar-refractivity contribution in [1.82, 2.24) is 0 Å². The van der Waals surface area contributed by atoms with Crippen LogP contribution in [0.15, 0.2) is 18.2 Å². The predicted molar refractivity (Wildman–Crippen MR) is 55.6 cm³/mol. The molecule has 0 aliphatic heterocycles. The van der Waals surface area contributed by atoms with Gasteiger partial charge in [-0.25, -0.2) is 4.79 Å². The summed E-state index contributed by atoms with van der Waals surface area (Å²) in [6.45, 7) is 1.29. The smallest absolute Gasteiger partial charge is 0.337 e. The molecule has 0 amide bonds. The maximum Gasteiger partial charge on any atom is 0.337 e. The molecule has 0 spiro atoms. The second-order valence-electron chi connectivity index (χ2n) is 2.95. The number of carbonyl (C=O) groups excluding carboxylic acids is 2. The molecule has 0 heterocycles. The lowest BCUT2D eigenvalue weighted by atomic mass is 10.2. The van der Waals surface area contributed by atoms with E-state index in [2.05, 4.69) is 4.74 Å². The monoisotopic (exact) mass is 224 g/mol. The van der Waals surface area contributed by atoms with Gasteiger partial charge < -0.3 is 14.2 Å². The van der Waals surface area contributed by atoms with Gasteiger partial charge in [-0.1, -0.05) is 0 Å². The van der Waals surface area contributed by atoms with Gasteiger partial charge in [0.15, 0.2) is 11.5 Å². The Morgan fingerprint density at radius 1 is 1.12 bits per heavy atom. The van der Waals surface area contributed by atoms with Crippen molar-refractivity contribution >= 4 is 11.9 Å². The number of methoxy groups -OCH3 is 2. The third-order valence-electron chi connectivity index (χ3n) is 1.84. The largest absolute Gasteiger partial charge is 0.493 e. The molecule has 1 rings (SSSR count). The molecule has 0 bridgehead atoms. The van der Waals surface area contributed by atoms with Crippen LogP contribution < -0.4 is 9.47 Å². The number of hydrogen-bond acceptors (Lipinski definition) is 5. The van der Waals surface area contributed by atoms with E-state index in [9.17, 15) is 9.59 Å². The average Bonchev–Trinajstić information content (AvgIpc) is 2.27. The summed E-state index contributed by atoms with van der Waals surface area (Å²) in [7, 11) is 2.71. The van der Waals surface area contributed by atoms with Crippen molar-refractivity contribution in [2.24, 2.45) is 0 Å². The molecule has 5 heteroatoms. The van der Waals surface area contributed by atoms with E-state index in [0.29, 0.717) is 11.3 Å². The third kappa shape index (κ3) is 2.73. The van der Waals surface area contributed by atoms with E-state index in [1.165, 1.54) is 39.3 Å². The zero-order chi connectivity index (χ0) is 12.1. The molecule has 0 radical (unpaired) electrons. The molecule has 0 saturated heterocycles. The van der Waals surface area contributed by atoms with Gasteiger partial charge in [0.25, 0.3) is 0 Å². The first-order valence-electron chi connectivity index (χ1n) is 4.53. The van der Waals surface area contributed by atoms with Crippen LogP contribution in [0.3, 0.4) is 0 Å². The Hall–Kier alpha value is -2.04. The Kier molecular flexibility index (Phi) is 3.88. The number of ether oxygens (including phenoxy) is 3. The molecule has 86 valence electrons. The van der Waals surface area contributed by atoms with E-state index < -0.39 is 11.9 Å². The second-order valence-corrected chi connectivity index (χ2v) is 2.95. The van der Waals surface area contributed by atoms with Crippen LogP contribution in [0.5, 0.6) is 11.5 Å². The summed E-state index contributed by atoms with van der Waals surface area (Å²) in [5.74, 6) is -0.363. The summed E-state index contributed by atoms with van der Waals surface area (Å²) in [5, 5.41) is 0.